The first kappa shape index (κ1) is 25.3. The topological polar surface area (TPSA) is 75.7 Å². The molecule has 9 heteroatoms. The highest BCUT2D eigenvalue weighted by molar-refractivity contribution is 5.89. The third-order valence-corrected chi connectivity index (χ3v) is 4.77. The van der Waals surface area contributed by atoms with Crippen molar-refractivity contribution in [2.45, 2.75) is 6.04 Å². The SMILES string of the molecule is Cl.Cl.O=C(Nc1ccc(Oc2ccccc2)cc1)N1CCNC[C@H]1COc1cccnc1. The molecule has 32 heavy (non-hydrogen) atoms. The smallest absolute Gasteiger partial charge is 0.322 e. The van der Waals surface area contributed by atoms with E-state index in [-0.39, 0.29) is 36.9 Å². The average Bonchev–Trinajstić information content (AvgIpc) is 2.80. The summed E-state index contributed by atoms with van der Waals surface area (Å²) >= 11 is 0. The van der Waals surface area contributed by atoms with Crippen molar-refractivity contribution in [3.63, 3.8) is 0 Å². The molecule has 0 radical (unpaired) electrons. The molecule has 2 amide bonds. The van der Waals surface area contributed by atoms with Crippen LogP contribution >= 0.6 is 24.8 Å². The fourth-order valence-electron chi connectivity index (χ4n) is 3.23. The summed E-state index contributed by atoms with van der Waals surface area (Å²) in [7, 11) is 0. The number of hydrogen-bond donors (Lipinski definition) is 2. The van der Waals surface area contributed by atoms with E-state index in [1.54, 1.807) is 17.3 Å². The standard InChI is InChI=1S/C23H24N4O3.2ClH/c28-23(26-18-8-10-21(11-9-18)30-20-5-2-1-3-6-20)27-14-13-25-15-19(27)17-29-22-7-4-12-24-16-22;;/h1-12,16,19,25H,13-15,17H2,(H,26,28);2*1H/t19-;;/m0../s1. The molecule has 170 valence electrons. The molecule has 1 aromatic heterocycles. The molecular weight excluding hydrogens is 451 g/mol. The molecule has 4 rings (SSSR count). The maximum Gasteiger partial charge on any atom is 0.322 e. The Balaban J connectivity index is 0.00000181. The van der Waals surface area contributed by atoms with Crippen LogP contribution in [0.2, 0.25) is 0 Å². The summed E-state index contributed by atoms with van der Waals surface area (Å²) in [6.45, 7) is 2.44. The van der Waals surface area contributed by atoms with Crippen molar-refractivity contribution in [2.24, 2.45) is 0 Å². The van der Waals surface area contributed by atoms with Gasteiger partial charge in [0.15, 0.2) is 0 Å². The zero-order chi connectivity index (χ0) is 20.6. The fraction of sp³-hybridized carbons (Fsp3) is 0.217. The molecule has 0 bridgehead atoms. The fourth-order valence-corrected chi connectivity index (χ4v) is 3.23. The summed E-state index contributed by atoms with van der Waals surface area (Å²) in [5.41, 5.74) is 0.714. The van der Waals surface area contributed by atoms with Gasteiger partial charge in [-0.2, -0.15) is 0 Å². The molecule has 2 aromatic carbocycles. The molecule has 3 aromatic rings. The molecule has 2 heterocycles. The Labute approximate surface area is 200 Å². The van der Waals surface area contributed by atoms with Gasteiger partial charge in [-0.3, -0.25) is 4.98 Å². The van der Waals surface area contributed by atoms with E-state index in [1.165, 1.54) is 0 Å². The predicted octanol–water partition coefficient (Wildman–Crippen LogP) is 4.60. The highest BCUT2D eigenvalue weighted by Crippen LogP contribution is 2.23. The molecule has 2 N–H and O–H groups in total. The number of benzene rings is 2. The Hall–Kier alpha value is -3.00. The molecule has 0 spiro atoms. The van der Waals surface area contributed by atoms with Crippen LogP contribution in [0, 0.1) is 0 Å². The van der Waals surface area contributed by atoms with E-state index < -0.39 is 0 Å². The van der Waals surface area contributed by atoms with E-state index in [1.807, 2.05) is 66.7 Å². The van der Waals surface area contributed by atoms with Gasteiger partial charge in [-0.15, -0.1) is 24.8 Å². The average molecular weight is 477 g/mol. The van der Waals surface area contributed by atoms with Crippen LogP contribution in [0.25, 0.3) is 0 Å². The molecule has 0 unspecified atom stereocenters. The first-order valence-corrected chi connectivity index (χ1v) is 9.92. The summed E-state index contributed by atoms with van der Waals surface area (Å²) in [4.78, 5) is 18.7. The molecular formula is C23H26Cl2N4O3. The number of piperazine rings is 1. The number of aromatic nitrogens is 1. The number of para-hydroxylation sites is 1. The normalized spacial score (nSPS) is 15.0. The van der Waals surface area contributed by atoms with E-state index >= 15 is 0 Å². The maximum absolute atomic E-state index is 12.9. The van der Waals surface area contributed by atoms with Gasteiger partial charge in [-0.05, 0) is 48.5 Å². The van der Waals surface area contributed by atoms with Crippen LogP contribution in [0.1, 0.15) is 0 Å². The number of hydrogen-bond acceptors (Lipinski definition) is 5. The Kier molecular flexibility index (Phi) is 10.1. The third-order valence-electron chi connectivity index (χ3n) is 4.77. The van der Waals surface area contributed by atoms with Crippen molar-refractivity contribution in [3.05, 3.63) is 79.1 Å². The lowest BCUT2D eigenvalue weighted by molar-refractivity contribution is 0.133. The van der Waals surface area contributed by atoms with Crippen molar-refractivity contribution in [2.75, 3.05) is 31.6 Å². The van der Waals surface area contributed by atoms with E-state index in [2.05, 4.69) is 15.6 Å². The summed E-state index contributed by atoms with van der Waals surface area (Å²) in [6.07, 6.45) is 3.37. The van der Waals surface area contributed by atoms with Crippen LogP contribution in [0.5, 0.6) is 17.2 Å². The van der Waals surface area contributed by atoms with E-state index in [9.17, 15) is 4.79 Å². The van der Waals surface area contributed by atoms with Gasteiger partial charge in [-0.25, -0.2) is 4.79 Å². The predicted molar refractivity (Wildman–Crippen MR) is 130 cm³/mol. The summed E-state index contributed by atoms with van der Waals surface area (Å²) in [5, 5.41) is 6.28. The number of amides is 2. The first-order valence-electron chi connectivity index (χ1n) is 9.92. The molecule has 1 saturated heterocycles. The van der Waals surface area contributed by atoms with Crippen LogP contribution in [0.3, 0.4) is 0 Å². The van der Waals surface area contributed by atoms with E-state index in [4.69, 9.17) is 9.47 Å². The van der Waals surface area contributed by atoms with Gasteiger partial charge in [-0.1, -0.05) is 18.2 Å². The number of pyridine rings is 1. The maximum atomic E-state index is 12.9. The van der Waals surface area contributed by atoms with Crippen LogP contribution in [0.4, 0.5) is 10.5 Å². The Bertz CT molecular complexity index is 946. The second-order valence-electron chi connectivity index (χ2n) is 6.92. The Morgan fingerprint density at radius 3 is 2.44 bits per heavy atom. The highest BCUT2D eigenvalue weighted by Gasteiger charge is 2.27. The summed E-state index contributed by atoms with van der Waals surface area (Å²) in [5.74, 6) is 2.17. The highest BCUT2D eigenvalue weighted by atomic mass is 35.5. The van der Waals surface area contributed by atoms with Gasteiger partial charge in [0, 0.05) is 31.5 Å². The molecule has 0 aliphatic carbocycles. The van der Waals surface area contributed by atoms with Gasteiger partial charge < -0.3 is 25.0 Å². The largest absolute Gasteiger partial charge is 0.490 e. The van der Waals surface area contributed by atoms with Crippen molar-refractivity contribution in [1.82, 2.24) is 15.2 Å². The van der Waals surface area contributed by atoms with Gasteiger partial charge in [0.25, 0.3) is 0 Å². The van der Waals surface area contributed by atoms with Crippen molar-refractivity contribution < 1.29 is 14.3 Å². The minimum atomic E-state index is -0.145. The monoisotopic (exact) mass is 476 g/mol. The minimum absolute atomic E-state index is 0. The number of nitrogens with one attached hydrogen (secondary N) is 2. The number of carbonyl (C=O) groups excluding carboxylic acids is 1. The number of halogens is 2. The number of urea groups is 1. The van der Waals surface area contributed by atoms with E-state index in [0.29, 0.717) is 36.9 Å². The van der Waals surface area contributed by atoms with Crippen molar-refractivity contribution in [1.29, 1.82) is 0 Å². The molecule has 1 aliphatic rings. The van der Waals surface area contributed by atoms with Gasteiger partial charge in [0.2, 0.25) is 0 Å². The third kappa shape index (κ3) is 7.02. The van der Waals surface area contributed by atoms with Crippen LogP contribution in [-0.4, -0.2) is 48.2 Å². The molecule has 0 saturated carbocycles. The van der Waals surface area contributed by atoms with Gasteiger partial charge in [0.05, 0.1) is 12.2 Å². The van der Waals surface area contributed by atoms with Gasteiger partial charge >= 0.3 is 6.03 Å². The van der Waals surface area contributed by atoms with Crippen LogP contribution < -0.4 is 20.1 Å². The lowest BCUT2D eigenvalue weighted by atomic mass is 10.2. The molecule has 1 aliphatic heterocycles. The second kappa shape index (κ2) is 12.8. The number of carbonyl (C=O) groups is 1. The lowest BCUT2D eigenvalue weighted by Gasteiger charge is -2.35. The van der Waals surface area contributed by atoms with Crippen molar-refractivity contribution in [3.8, 4) is 17.2 Å². The van der Waals surface area contributed by atoms with Crippen molar-refractivity contribution >= 4 is 36.5 Å². The zero-order valence-electron chi connectivity index (χ0n) is 17.3. The van der Waals surface area contributed by atoms with Gasteiger partial charge in [0.1, 0.15) is 23.9 Å². The Morgan fingerprint density at radius 2 is 1.72 bits per heavy atom. The summed E-state index contributed by atoms with van der Waals surface area (Å²) < 4.78 is 11.6. The number of rotatable bonds is 6. The second-order valence-corrected chi connectivity index (χ2v) is 6.92. The number of nitrogens with zero attached hydrogens (tertiary/aromatic N) is 2. The molecule has 1 fully saturated rings. The summed E-state index contributed by atoms with van der Waals surface area (Å²) in [6, 6.07) is 20.4. The molecule has 1 atom stereocenters. The Morgan fingerprint density at radius 1 is 1.00 bits per heavy atom. The van der Waals surface area contributed by atoms with E-state index in [0.717, 1.165) is 12.3 Å². The minimum Gasteiger partial charge on any atom is -0.490 e. The number of anilines is 1. The first-order chi connectivity index (χ1) is 14.8. The molecule has 7 nitrogen and oxygen atoms in total. The lowest BCUT2D eigenvalue weighted by Crippen LogP contribution is -2.57. The zero-order valence-corrected chi connectivity index (χ0v) is 19.0. The van der Waals surface area contributed by atoms with Crippen LogP contribution in [0.15, 0.2) is 79.1 Å². The van der Waals surface area contributed by atoms with Crippen LogP contribution in [-0.2, 0) is 0 Å². The quantitative estimate of drug-likeness (QED) is 0.543. The number of ether oxygens (including phenoxy) is 2.